The van der Waals surface area contributed by atoms with Gasteiger partial charge in [0.2, 0.25) is 0 Å². The molecule has 1 unspecified atom stereocenters. The molecule has 0 N–H and O–H groups in total. The summed E-state index contributed by atoms with van der Waals surface area (Å²) in [6.07, 6.45) is 70.7. The number of carbonyl (C=O) groups is 3. The van der Waals surface area contributed by atoms with Crippen LogP contribution in [0.4, 0.5) is 0 Å². The molecule has 0 bridgehead atoms. The van der Waals surface area contributed by atoms with Gasteiger partial charge < -0.3 is 14.2 Å². The average molecular weight is 901 g/mol. The van der Waals surface area contributed by atoms with Crippen molar-refractivity contribution in [3.05, 3.63) is 109 Å². The third-order valence-corrected chi connectivity index (χ3v) is 10.7. The lowest BCUT2D eigenvalue weighted by Gasteiger charge is -2.18. The molecule has 65 heavy (non-hydrogen) atoms. The van der Waals surface area contributed by atoms with Crippen LogP contribution in [0.1, 0.15) is 226 Å². The Hall–Kier alpha value is -3.93. The van der Waals surface area contributed by atoms with Crippen LogP contribution in [0, 0.1) is 0 Å². The van der Waals surface area contributed by atoms with Crippen LogP contribution in [0.2, 0.25) is 0 Å². The molecule has 0 radical (unpaired) electrons. The fourth-order valence-electron chi connectivity index (χ4n) is 6.83. The number of hydrogen-bond donors (Lipinski definition) is 0. The van der Waals surface area contributed by atoms with Gasteiger partial charge in [-0.1, -0.05) is 194 Å². The lowest BCUT2D eigenvalue weighted by atomic mass is 10.1. The fraction of sp³-hybridized carbons (Fsp3) is 0.644. The fourth-order valence-corrected chi connectivity index (χ4v) is 6.83. The van der Waals surface area contributed by atoms with E-state index < -0.39 is 6.10 Å². The predicted octanol–water partition coefficient (Wildman–Crippen LogP) is 17.5. The Kier molecular flexibility index (Phi) is 49.5. The Morgan fingerprint density at radius 2 is 0.600 bits per heavy atom. The molecule has 1 atom stereocenters. The molecule has 0 aliphatic carbocycles. The molecule has 0 fully saturated rings. The molecule has 0 aliphatic rings. The van der Waals surface area contributed by atoms with Crippen LogP contribution in [0.15, 0.2) is 109 Å². The van der Waals surface area contributed by atoms with Gasteiger partial charge in [-0.2, -0.15) is 0 Å². The minimum Gasteiger partial charge on any atom is -0.462 e. The van der Waals surface area contributed by atoms with Crippen molar-refractivity contribution in [1.82, 2.24) is 0 Å². The number of hydrogen-bond acceptors (Lipinski definition) is 6. The van der Waals surface area contributed by atoms with E-state index in [9.17, 15) is 14.4 Å². The summed E-state index contributed by atoms with van der Waals surface area (Å²) in [6.45, 7) is 6.33. The number of unbranched alkanes of at least 4 members (excludes halogenated alkanes) is 17. The molecule has 0 rings (SSSR count). The van der Waals surface area contributed by atoms with Crippen molar-refractivity contribution < 1.29 is 28.6 Å². The zero-order chi connectivity index (χ0) is 47.2. The highest BCUT2D eigenvalue weighted by Crippen LogP contribution is 2.13. The van der Waals surface area contributed by atoms with Crippen LogP contribution in [0.3, 0.4) is 0 Å². The van der Waals surface area contributed by atoms with Crippen molar-refractivity contribution in [3.8, 4) is 0 Å². The Bertz CT molecular complexity index is 1360. The SMILES string of the molecule is CC/C=C\C/C=C\C/C=C\C/C=C\C/C=C\CCCCCC(=O)OCC(COC(=O)CCCCC/C=C\CCCCCCCCC)OC(=O)CCCCCC/C=C\C/C=C\C/C=C\CC. The Labute approximate surface area is 400 Å². The van der Waals surface area contributed by atoms with Crippen molar-refractivity contribution in [2.75, 3.05) is 13.2 Å². The van der Waals surface area contributed by atoms with Crippen molar-refractivity contribution in [3.63, 3.8) is 0 Å². The summed E-state index contributed by atoms with van der Waals surface area (Å²) >= 11 is 0. The molecule has 0 saturated carbocycles. The van der Waals surface area contributed by atoms with Gasteiger partial charge in [0.05, 0.1) is 0 Å². The van der Waals surface area contributed by atoms with E-state index >= 15 is 0 Å². The van der Waals surface area contributed by atoms with Crippen molar-refractivity contribution >= 4 is 17.9 Å². The Morgan fingerprint density at radius 1 is 0.323 bits per heavy atom. The first kappa shape index (κ1) is 61.1. The van der Waals surface area contributed by atoms with E-state index in [1.807, 2.05) is 0 Å². The second-order valence-electron chi connectivity index (χ2n) is 17.0. The van der Waals surface area contributed by atoms with Gasteiger partial charge in [0, 0.05) is 19.3 Å². The highest BCUT2D eigenvalue weighted by atomic mass is 16.6. The maximum absolute atomic E-state index is 12.8. The van der Waals surface area contributed by atoms with Gasteiger partial charge in [-0.3, -0.25) is 14.4 Å². The van der Waals surface area contributed by atoms with Gasteiger partial charge in [0.15, 0.2) is 6.10 Å². The first-order valence-corrected chi connectivity index (χ1v) is 26.4. The van der Waals surface area contributed by atoms with E-state index in [1.54, 1.807) is 0 Å². The molecule has 0 aromatic rings. The molecule has 368 valence electrons. The van der Waals surface area contributed by atoms with Crippen LogP contribution in [-0.2, 0) is 28.6 Å². The van der Waals surface area contributed by atoms with Crippen LogP contribution in [0.5, 0.6) is 0 Å². The number of esters is 3. The average Bonchev–Trinajstić information content (AvgIpc) is 3.30. The monoisotopic (exact) mass is 901 g/mol. The molecule has 0 amide bonds. The molecule has 0 heterocycles. The minimum absolute atomic E-state index is 0.108. The lowest BCUT2D eigenvalue weighted by Crippen LogP contribution is -2.30. The van der Waals surface area contributed by atoms with Crippen molar-refractivity contribution in [1.29, 1.82) is 0 Å². The van der Waals surface area contributed by atoms with Gasteiger partial charge >= 0.3 is 17.9 Å². The second-order valence-corrected chi connectivity index (χ2v) is 17.0. The van der Waals surface area contributed by atoms with E-state index in [4.69, 9.17) is 14.2 Å². The number of rotatable bonds is 46. The zero-order valence-corrected chi connectivity index (χ0v) is 42.0. The summed E-state index contributed by atoms with van der Waals surface area (Å²) in [4.78, 5) is 38.0. The van der Waals surface area contributed by atoms with Crippen LogP contribution >= 0.6 is 0 Å². The molecule has 0 aliphatic heterocycles. The second kappa shape index (κ2) is 52.7. The highest BCUT2D eigenvalue weighted by Gasteiger charge is 2.19. The summed E-state index contributed by atoms with van der Waals surface area (Å²) in [7, 11) is 0. The third-order valence-electron chi connectivity index (χ3n) is 10.7. The summed E-state index contributed by atoms with van der Waals surface area (Å²) in [5.41, 5.74) is 0. The molecule has 6 heteroatoms. The number of allylic oxidation sites excluding steroid dienone is 18. The van der Waals surface area contributed by atoms with Gasteiger partial charge in [0.1, 0.15) is 13.2 Å². The molecule has 0 aromatic carbocycles. The van der Waals surface area contributed by atoms with E-state index in [1.165, 1.54) is 44.9 Å². The Balaban J connectivity index is 4.51. The standard InChI is InChI=1S/C59H96O6/c1-4-7-10-13-16-19-22-25-28-29-30-31-32-35-37-40-43-46-49-52-58(61)64-55-56(65-59(62)53-50-47-44-41-38-34-27-24-21-18-15-12-9-6-3)54-63-57(60)51-48-45-42-39-36-33-26-23-20-17-14-11-8-5-2/h7,9-10,12,16,18-19,21,25,27-28,30-31,33-37,56H,4-6,8,11,13-15,17,20,22-24,26,29,32,38-55H2,1-3H3/b10-7-,12-9-,19-16-,21-18-,28-25-,31-30-,34-27-,36-33-,37-35-. The maximum Gasteiger partial charge on any atom is 0.306 e. The van der Waals surface area contributed by atoms with Crippen LogP contribution in [0.25, 0.3) is 0 Å². The number of ether oxygens (including phenoxy) is 3. The minimum atomic E-state index is -0.811. The largest absolute Gasteiger partial charge is 0.462 e. The highest BCUT2D eigenvalue weighted by molar-refractivity contribution is 5.71. The van der Waals surface area contributed by atoms with E-state index in [0.717, 1.165) is 141 Å². The van der Waals surface area contributed by atoms with E-state index in [-0.39, 0.29) is 37.5 Å². The first-order valence-electron chi connectivity index (χ1n) is 26.4. The lowest BCUT2D eigenvalue weighted by molar-refractivity contribution is -0.167. The first-order chi connectivity index (χ1) is 32.0. The van der Waals surface area contributed by atoms with Crippen LogP contribution < -0.4 is 0 Å². The molecule has 0 aromatic heterocycles. The van der Waals surface area contributed by atoms with Crippen molar-refractivity contribution in [2.45, 2.75) is 232 Å². The third kappa shape index (κ3) is 50.9. The molecule has 0 spiro atoms. The predicted molar refractivity (Wildman–Crippen MR) is 279 cm³/mol. The van der Waals surface area contributed by atoms with E-state index in [0.29, 0.717) is 12.8 Å². The van der Waals surface area contributed by atoms with E-state index in [2.05, 4.69) is 130 Å². The van der Waals surface area contributed by atoms with Gasteiger partial charge in [0.25, 0.3) is 0 Å². The summed E-state index contributed by atoms with van der Waals surface area (Å²) in [5, 5.41) is 0. The number of carbonyl (C=O) groups excluding carboxylic acids is 3. The quantitative estimate of drug-likeness (QED) is 0.0262. The van der Waals surface area contributed by atoms with Crippen molar-refractivity contribution in [2.24, 2.45) is 0 Å². The molecular weight excluding hydrogens is 805 g/mol. The van der Waals surface area contributed by atoms with Crippen LogP contribution in [-0.4, -0.2) is 37.2 Å². The molecule has 6 nitrogen and oxygen atoms in total. The maximum atomic E-state index is 12.8. The molecule has 0 saturated heterocycles. The smallest absolute Gasteiger partial charge is 0.306 e. The summed E-state index contributed by atoms with van der Waals surface area (Å²) in [5.74, 6) is -0.982. The molecular formula is C59H96O6. The van der Waals surface area contributed by atoms with Gasteiger partial charge in [-0.25, -0.2) is 0 Å². The topological polar surface area (TPSA) is 78.9 Å². The zero-order valence-electron chi connectivity index (χ0n) is 42.0. The van der Waals surface area contributed by atoms with Gasteiger partial charge in [-0.05, 0) is 122 Å². The Morgan fingerprint density at radius 3 is 0.969 bits per heavy atom. The normalized spacial score (nSPS) is 13.0. The van der Waals surface area contributed by atoms with Gasteiger partial charge in [-0.15, -0.1) is 0 Å². The summed E-state index contributed by atoms with van der Waals surface area (Å²) < 4.78 is 16.8. The summed E-state index contributed by atoms with van der Waals surface area (Å²) in [6, 6.07) is 0.